The predicted molar refractivity (Wildman–Crippen MR) is 89.9 cm³/mol. The summed E-state index contributed by atoms with van der Waals surface area (Å²) in [5, 5.41) is 15.0. The highest BCUT2D eigenvalue weighted by Crippen LogP contribution is 2.24. The molecule has 0 aromatic heterocycles. The normalized spacial score (nSPS) is 13.6. The van der Waals surface area contributed by atoms with Crippen molar-refractivity contribution in [2.75, 3.05) is 13.7 Å². The Bertz CT molecular complexity index is 620. The van der Waals surface area contributed by atoms with Crippen molar-refractivity contribution < 1.29 is 37.3 Å². The number of hydrogen-bond donors (Lipinski definition) is 3. The van der Waals surface area contributed by atoms with Crippen molar-refractivity contribution in [2.45, 2.75) is 38.8 Å². The number of benzene rings is 1. The monoisotopic (exact) mass is 392 g/mol. The van der Waals surface area contributed by atoms with Crippen LogP contribution in [0, 0.1) is 5.92 Å². The zero-order valence-corrected chi connectivity index (χ0v) is 15.2. The predicted octanol–water partition coefficient (Wildman–Crippen LogP) is 2.51. The van der Waals surface area contributed by atoms with E-state index in [9.17, 15) is 27.9 Å². The maximum atomic E-state index is 12.2. The van der Waals surface area contributed by atoms with Gasteiger partial charge in [0, 0.05) is 6.54 Å². The summed E-state index contributed by atoms with van der Waals surface area (Å²) in [4.78, 5) is 23.6. The molecule has 0 aliphatic rings. The van der Waals surface area contributed by atoms with Crippen molar-refractivity contribution in [2.24, 2.45) is 5.92 Å². The van der Waals surface area contributed by atoms with E-state index in [1.807, 2.05) is 13.8 Å². The molecule has 2 unspecified atom stereocenters. The van der Waals surface area contributed by atoms with Crippen LogP contribution in [0.15, 0.2) is 24.3 Å². The molecule has 152 valence electrons. The summed E-state index contributed by atoms with van der Waals surface area (Å²) in [6.45, 7) is 3.56. The van der Waals surface area contributed by atoms with Crippen molar-refractivity contribution >= 4 is 12.0 Å². The number of carbonyl (C=O) groups excluding carboxylic acids is 2. The van der Waals surface area contributed by atoms with Crippen LogP contribution in [-0.2, 0) is 9.53 Å². The molecule has 0 saturated carbocycles. The lowest BCUT2D eigenvalue weighted by molar-refractivity contribution is -0.274. The highest BCUT2D eigenvalue weighted by atomic mass is 19.4. The summed E-state index contributed by atoms with van der Waals surface area (Å²) in [5.41, 5.74) is 0.297. The summed E-state index contributed by atoms with van der Waals surface area (Å²) in [7, 11) is 1.18. The molecule has 0 radical (unpaired) electrons. The smallest absolute Gasteiger partial charge is 0.453 e. The molecule has 0 fully saturated rings. The molecule has 2 atom stereocenters. The van der Waals surface area contributed by atoms with Gasteiger partial charge in [-0.2, -0.15) is 0 Å². The maximum Gasteiger partial charge on any atom is 0.573 e. The van der Waals surface area contributed by atoms with E-state index in [2.05, 4.69) is 20.1 Å². The second-order valence-electron chi connectivity index (χ2n) is 6.20. The van der Waals surface area contributed by atoms with Gasteiger partial charge in [0.2, 0.25) is 5.91 Å². The number of rotatable bonds is 8. The molecule has 3 N–H and O–H groups in total. The van der Waals surface area contributed by atoms with E-state index < -0.39 is 36.3 Å². The average Bonchev–Trinajstić information content (AvgIpc) is 2.57. The molecular weight excluding hydrogens is 369 g/mol. The fourth-order valence-electron chi connectivity index (χ4n) is 2.23. The second kappa shape index (κ2) is 10.0. The molecule has 27 heavy (non-hydrogen) atoms. The van der Waals surface area contributed by atoms with Crippen LogP contribution in [0.2, 0.25) is 0 Å². The first-order valence-electron chi connectivity index (χ1n) is 8.17. The van der Waals surface area contributed by atoms with Gasteiger partial charge in [-0.15, -0.1) is 13.2 Å². The highest BCUT2D eigenvalue weighted by molar-refractivity contribution is 5.85. The van der Waals surface area contributed by atoms with Crippen LogP contribution in [0.1, 0.15) is 31.9 Å². The van der Waals surface area contributed by atoms with E-state index in [0.29, 0.717) is 12.0 Å². The lowest BCUT2D eigenvalue weighted by Crippen LogP contribution is -2.48. The van der Waals surface area contributed by atoms with Crippen LogP contribution in [-0.4, -0.2) is 43.2 Å². The Morgan fingerprint density at radius 3 is 2.26 bits per heavy atom. The van der Waals surface area contributed by atoms with E-state index in [1.54, 1.807) is 0 Å². The lowest BCUT2D eigenvalue weighted by Gasteiger charge is -2.20. The van der Waals surface area contributed by atoms with Crippen molar-refractivity contribution in [1.82, 2.24) is 10.6 Å². The number of aliphatic hydroxyl groups is 1. The Morgan fingerprint density at radius 2 is 1.78 bits per heavy atom. The summed E-state index contributed by atoms with van der Waals surface area (Å²) in [6, 6.07) is 3.81. The highest BCUT2D eigenvalue weighted by Gasteiger charge is 2.31. The maximum absolute atomic E-state index is 12.2. The number of ether oxygens (including phenoxy) is 2. The average molecular weight is 392 g/mol. The fourth-order valence-corrected chi connectivity index (χ4v) is 2.23. The van der Waals surface area contributed by atoms with E-state index in [-0.39, 0.29) is 12.5 Å². The SMILES string of the molecule is COC(=O)NC(CC(C)C)C(=O)NCC(O)c1ccc(OC(F)(F)F)cc1. The number of hydrogen-bond acceptors (Lipinski definition) is 5. The Hall–Kier alpha value is -2.49. The Morgan fingerprint density at radius 1 is 1.19 bits per heavy atom. The van der Waals surface area contributed by atoms with Crippen LogP contribution in [0.25, 0.3) is 0 Å². The first kappa shape index (κ1) is 22.6. The van der Waals surface area contributed by atoms with Crippen LogP contribution in [0.5, 0.6) is 5.75 Å². The van der Waals surface area contributed by atoms with Gasteiger partial charge in [0.25, 0.3) is 0 Å². The Labute approximate surface area is 154 Å². The summed E-state index contributed by atoms with van der Waals surface area (Å²) in [6.07, 6.45) is -6.34. The van der Waals surface area contributed by atoms with Crippen LogP contribution in [0.4, 0.5) is 18.0 Å². The van der Waals surface area contributed by atoms with Crippen LogP contribution in [0.3, 0.4) is 0 Å². The quantitative estimate of drug-likeness (QED) is 0.632. The number of alkyl carbamates (subject to hydrolysis) is 1. The zero-order valence-electron chi connectivity index (χ0n) is 15.2. The van der Waals surface area contributed by atoms with E-state index in [1.165, 1.54) is 19.2 Å². The molecule has 1 rings (SSSR count). The minimum Gasteiger partial charge on any atom is -0.453 e. The van der Waals surface area contributed by atoms with Gasteiger partial charge >= 0.3 is 12.5 Å². The minimum absolute atomic E-state index is 0.115. The van der Waals surface area contributed by atoms with E-state index in [0.717, 1.165) is 12.1 Å². The molecule has 0 aliphatic heterocycles. The summed E-state index contributed by atoms with van der Waals surface area (Å²) < 4.78 is 44.6. The number of methoxy groups -OCH3 is 1. The van der Waals surface area contributed by atoms with Gasteiger partial charge in [-0.05, 0) is 30.0 Å². The molecule has 0 bridgehead atoms. The fraction of sp³-hybridized carbons (Fsp3) is 0.529. The molecule has 1 aromatic carbocycles. The second-order valence-corrected chi connectivity index (χ2v) is 6.20. The van der Waals surface area contributed by atoms with Crippen LogP contribution >= 0.6 is 0 Å². The number of aliphatic hydroxyl groups excluding tert-OH is 1. The molecular formula is C17H23F3N2O5. The van der Waals surface area contributed by atoms with Gasteiger partial charge in [0.05, 0.1) is 13.2 Å². The van der Waals surface area contributed by atoms with Gasteiger partial charge in [0.1, 0.15) is 11.8 Å². The van der Waals surface area contributed by atoms with E-state index >= 15 is 0 Å². The van der Waals surface area contributed by atoms with Crippen molar-refractivity contribution in [1.29, 1.82) is 0 Å². The van der Waals surface area contributed by atoms with Gasteiger partial charge < -0.3 is 25.2 Å². The number of halogens is 3. The first-order chi connectivity index (χ1) is 12.5. The minimum atomic E-state index is -4.80. The molecule has 0 saturated heterocycles. The Kier molecular flexibility index (Phi) is 8.35. The van der Waals surface area contributed by atoms with E-state index in [4.69, 9.17) is 0 Å². The lowest BCUT2D eigenvalue weighted by atomic mass is 10.0. The summed E-state index contributed by atoms with van der Waals surface area (Å²) >= 11 is 0. The number of carbonyl (C=O) groups is 2. The van der Waals surface area contributed by atoms with Crippen molar-refractivity contribution in [3.8, 4) is 5.75 Å². The molecule has 0 aliphatic carbocycles. The molecule has 0 heterocycles. The third-order valence-corrected chi connectivity index (χ3v) is 3.47. The third kappa shape index (κ3) is 8.63. The Balaban J connectivity index is 2.63. The molecule has 10 heteroatoms. The van der Waals surface area contributed by atoms with Crippen LogP contribution < -0.4 is 15.4 Å². The number of nitrogens with one attached hydrogen (secondary N) is 2. The molecule has 0 spiro atoms. The largest absolute Gasteiger partial charge is 0.573 e. The molecule has 7 nitrogen and oxygen atoms in total. The molecule has 2 amide bonds. The third-order valence-electron chi connectivity index (χ3n) is 3.47. The summed E-state index contributed by atoms with van der Waals surface area (Å²) in [5.74, 6) is -0.809. The van der Waals surface area contributed by atoms with Crippen molar-refractivity contribution in [3.63, 3.8) is 0 Å². The van der Waals surface area contributed by atoms with Gasteiger partial charge in [0.15, 0.2) is 0 Å². The molecule has 1 aromatic rings. The van der Waals surface area contributed by atoms with Gasteiger partial charge in [-0.3, -0.25) is 4.79 Å². The zero-order chi connectivity index (χ0) is 20.6. The van der Waals surface area contributed by atoms with Crippen molar-refractivity contribution in [3.05, 3.63) is 29.8 Å². The van der Waals surface area contributed by atoms with Gasteiger partial charge in [-0.1, -0.05) is 26.0 Å². The number of alkyl halides is 3. The number of amides is 2. The standard InChI is InChI=1S/C17H23F3N2O5/c1-10(2)8-13(22-16(25)26-3)15(24)21-9-14(23)11-4-6-12(7-5-11)27-17(18,19)20/h4-7,10,13-14,23H,8-9H2,1-3H3,(H,21,24)(H,22,25). The topological polar surface area (TPSA) is 96.9 Å². The first-order valence-corrected chi connectivity index (χ1v) is 8.17. The van der Waals surface area contributed by atoms with Gasteiger partial charge in [-0.25, -0.2) is 4.79 Å².